The first-order valence-electron chi connectivity index (χ1n) is 13.4. The number of carboxylic acid groups (broad SMARTS) is 1. The number of halogens is 5. The summed E-state index contributed by atoms with van der Waals surface area (Å²) in [5.74, 6) is -1.01. The van der Waals surface area contributed by atoms with Crippen molar-refractivity contribution < 1.29 is 36.6 Å². The Labute approximate surface area is 239 Å². The minimum atomic E-state index is -4.74. The molecule has 1 aromatic heterocycles. The third-order valence-electron chi connectivity index (χ3n) is 6.74. The Bertz CT molecular complexity index is 1470. The molecule has 1 unspecified atom stereocenters. The lowest BCUT2D eigenvalue weighted by Crippen LogP contribution is -2.26. The molecule has 1 atom stereocenters. The lowest BCUT2D eigenvalue weighted by molar-refractivity contribution is -0.141. The number of alkyl halides is 5. The molecule has 6 nitrogen and oxygen atoms in total. The van der Waals surface area contributed by atoms with Gasteiger partial charge >= 0.3 is 18.8 Å². The van der Waals surface area contributed by atoms with E-state index in [2.05, 4.69) is 15.0 Å². The second kappa shape index (κ2) is 13.6. The third-order valence-corrected chi connectivity index (χ3v) is 6.74. The number of rotatable bonds is 13. The van der Waals surface area contributed by atoms with Crippen LogP contribution in [-0.2, 0) is 25.7 Å². The summed E-state index contributed by atoms with van der Waals surface area (Å²) >= 11 is 0. The number of aromatic carboxylic acids is 1. The van der Waals surface area contributed by atoms with Gasteiger partial charge in [-0.05, 0) is 41.8 Å². The van der Waals surface area contributed by atoms with E-state index in [4.69, 9.17) is 0 Å². The molecule has 0 fully saturated rings. The van der Waals surface area contributed by atoms with Crippen molar-refractivity contribution in [3.05, 3.63) is 107 Å². The average Bonchev–Trinajstić information content (AvgIpc) is 3.33. The van der Waals surface area contributed by atoms with Crippen LogP contribution in [0.5, 0.6) is 5.75 Å². The van der Waals surface area contributed by atoms with Crippen molar-refractivity contribution in [3.63, 3.8) is 0 Å². The minimum absolute atomic E-state index is 0.0336. The molecule has 0 bridgehead atoms. The second-order valence-electron chi connectivity index (χ2n) is 9.69. The standard InChI is InChI=1S/C31H30F5N3O3/c1-2-3-16-39-26(27(31(34,35)36)38-28(39)21-8-5-4-6-9-21)18-25(23-10-7-11-24(17-23)42-30(32)33)37-19-20-12-14-22(15-13-20)29(40)41/h4-15,17,25,30,37H,2-3,16,18-19H2,1H3,(H,40,41). The molecule has 0 saturated carbocycles. The quantitative estimate of drug-likeness (QED) is 0.157. The lowest BCUT2D eigenvalue weighted by Gasteiger charge is -2.23. The van der Waals surface area contributed by atoms with Gasteiger partial charge in [-0.1, -0.05) is 67.9 Å². The van der Waals surface area contributed by atoms with Crippen LogP contribution < -0.4 is 10.1 Å². The Hall–Kier alpha value is -4.25. The van der Waals surface area contributed by atoms with Crippen LogP contribution in [-0.4, -0.2) is 27.2 Å². The third kappa shape index (κ3) is 7.73. The number of hydrogen-bond acceptors (Lipinski definition) is 4. The summed E-state index contributed by atoms with van der Waals surface area (Å²) in [6.07, 6.45) is -3.54. The zero-order valence-electron chi connectivity index (χ0n) is 22.7. The molecule has 4 rings (SSSR count). The topological polar surface area (TPSA) is 76.4 Å². The van der Waals surface area contributed by atoms with Crippen LogP contribution >= 0.6 is 0 Å². The Kier molecular flexibility index (Phi) is 9.95. The molecular formula is C31H30F5N3O3. The van der Waals surface area contributed by atoms with Crippen molar-refractivity contribution in [1.29, 1.82) is 0 Å². The summed E-state index contributed by atoms with van der Waals surface area (Å²) in [6, 6.07) is 19.8. The van der Waals surface area contributed by atoms with Gasteiger partial charge in [0.25, 0.3) is 0 Å². The van der Waals surface area contributed by atoms with Crippen molar-refractivity contribution in [2.24, 2.45) is 0 Å². The first kappa shape index (κ1) is 30.7. The lowest BCUT2D eigenvalue weighted by atomic mass is 9.99. The molecule has 3 aromatic carbocycles. The number of hydrogen-bond donors (Lipinski definition) is 2. The largest absolute Gasteiger partial charge is 0.478 e. The van der Waals surface area contributed by atoms with E-state index in [1.54, 1.807) is 53.1 Å². The van der Waals surface area contributed by atoms with Gasteiger partial charge < -0.3 is 19.7 Å². The van der Waals surface area contributed by atoms with Crippen LogP contribution in [0.25, 0.3) is 11.4 Å². The highest BCUT2D eigenvalue weighted by atomic mass is 19.4. The molecule has 0 saturated heterocycles. The van der Waals surface area contributed by atoms with E-state index in [-0.39, 0.29) is 35.8 Å². The van der Waals surface area contributed by atoms with Gasteiger partial charge in [0.15, 0.2) is 5.69 Å². The number of carbonyl (C=O) groups is 1. The van der Waals surface area contributed by atoms with E-state index in [0.29, 0.717) is 29.7 Å². The smallest absolute Gasteiger partial charge is 0.435 e. The molecule has 1 heterocycles. The highest BCUT2D eigenvalue weighted by molar-refractivity contribution is 5.87. The van der Waals surface area contributed by atoms with Crippen molar-refractivity contribution in [2.75, 3.05) is 0 Å². The van der Waals surface area contributed by atoms with Crippen LogP contribution in [0, 0.1) is 0 Å². The normalized spacial score (nSPS) is 12.5. The molecule has 0 spiro atoms. The maximum absolute atomic E-state index is 14.4. The number of nitrogens with zero attached hydrogens (tertiary/aromatic N) is 2. The molecule has 0 radical (unpaired) electrons. The first-order valence-corrected chi connectivity index (χ1v) is 13.4. The Morgan fingerprint density at radius 3 is 2.36 bits per heavy atom. The van der Waals surface area contributed by atoms with Gasteiger partial charge in [-0.2, -0.15) is 22.0 Å². The van der Waals surface area contributed by atoms with Crippen molar-refractivity contribution in [1.82, 2.24) is 14.9 Å². The SMILES string of the molecule is CCCCn1c(-c2ccccc2)nc(C(F)(F)F)c1CC(NCc1ccc(C(=O)O)cc1)c1cccc(OC(F)F)c1. The molecule has 0 aliphatic heterocycles. The fourth-order valence-electron chi connectivity index (χ4n) is 4.70. The van der Waals surface area contributed by atoms with Crippen LogP contribution in [0.15, 0.2) is 78.9 Å². The molecule has 0 amide bonds. The number of ether oxygens (including phenoxy) is 1. The van der Waals surface area contributed by atoms with Gasteiger partial charge in [-0.15, -0.1) is 0 Å². The number of nitrogens with one attached hydrogen (secondary N) is 1. The van der Waals surface area contributed by atoms with Crippen LogP contribution in [0.4, 0.5) is 22.0 Å². The van der Waals surface area contributed by atoms with Gasteiger partial charge in [-0.25, -0.2) is 9.78 Å². The van der Waals surface area contributed by atoms with Crippen LogP contribution in [0.1, 0.15) is 58.7 Å². The highest BCUT2D eigenvalue weighted by Gasteiger charge is 2.39. The van der Waals surface area contributed by atoms with Gasteiger partial charge in [-0.3, -0.25) is 0 Å². The van der Waals surface area contributed by atoms with Gasteiger partial charge in [0.05, 0.1) is 11.3 Å². The fourth-order valence-corrected chi connectivity index (χ4v) is 4.70. The fraction of sp³-hybridized carbons (Fsp3) is 0.290. The Morgan fingerprint density at radius 2 is 1.74 bits per heavy atom. The molecule has 11 heteroatoms. The van der Waals surface area contributed by atoms with E-state index >= 15 is 0 Å². The summed E-state index contributed by atoms with van der Waals surface area (Å²) in [7, 11) is 0. The van der Waals surface area contributed by atoms with E-state index in [1.807, 2.05) is 6.92 Å². The molecule has 4 aromatic rings. The predicted octanol–water partition coefficient (Wildman–Crippen LogP) is 7.74. The number of carboxylic acids is 1. The summed E-state index contributed by atoms with van der Waals surface area (Å²) in [5.41, 5.74) is 0.720. The summed E-state index contributed by atoms with van der Waals surface area (Å²) < 4.78 is 75.4. The van der Waals surface area contributed by atoms with Gasteiger partial charge in [0.2, 0.25) is 0 Å². The number of imidazole rings is 1. The van der Waals surface area contributed by atoms with Gasteiger partial charge in [0.1, 0.15) is 11.6 Å². The number of unbranched alkanes of at least 4 members (excludes halogenated alkanes) is 1. The van der Waals surface area contributed by atoms with Crippen molar-refractivity contribution >= 4 is 5.97 Å². The molecule has 222 valence electrons. The van der Waals surface area contributed by atoms with E-state index in [1.165, 1.54) is 30.3 Å². The van der Waals surface area contributed by atoms with Gasteiger partial charge in [0, 0.05) is 31.1 Å². The maximum atomic E-state index is 14.4. The highest BCUT2D eigenvalue weighted by Crippen LogP contribution is 2.37. The first-order chi connectivity index (χ1) is 20.1. The van der Waals surface area contributed by atoms with Crippen molar-refractivity contribution in [3.8, 4) is 17.1 Å². The monoisotopic (exact) mass is 587 g/mol. The van der Waals surface area contributed by atoms with Crippen LogP contribution in [0.3, 0.4) is 0 Å². The Balaban J connectivity index is 1.78. The summed E-state index contributed by atoms with van der Waals surface area (Å²) in [4.78, 5) is 15.3. The zero-order chi connectivity index (χ0) is 30.3. The number of aromatic nitrogens is 2. The maximum Gasteiger partial charge on any atom is 0.435 e. The van der Waals surface area contributed by atoms with Crippen LogP contribution in [0.2, 0.25) is 0 Å². The van der Waals surface area contributed by atoms with E-state index in [0.717, 1.165) is 6.42 Å². The van der Waals surface area contributed by atoms with E-state index < -0.39 is 30.5 Å². The van der Waals surface area contributed by atoms with E-state index in [9.17, 15) is 31.9 Å². The summed E-state index contributed by atoms with van der Waals surface area (Å²) in [6.45, 7) is -0.657. The average molecular weight is 588 g/mol. The predicted molar refractivity (Wildman–Crippen MR) is 147 cm³/mol. The second-order valence-corrected chi connectivity index (χ2v) is 9.69. The molecular weight excluding hydrogens is 557 g/mol. The van der Waals surface area contributed by atoms with Crippen molar-refractivity contribution in [2.45, 2.75) is 58.1 Å². The number of benzene rings is 3. The Morgan fingerprint density at radius 1 is 1.02 bits per heavy atom. The minimum Gasteiger partial charge on any atom is -0.478 e. The zero-order valence-corrected chi connectivity index (χ0v) is 22.7. The summed E-state index contributed by atoms with van der Waals surface area (Å²) in [5, 5.41) is 12.4. The molecule has 2 N–H and O–H groups in total. The molecule has 0 aliphatic carbocycles. The molecule has 42 heavy (non-hydrogen) atoms. The molecule has 0 aliphatic rings.